The number of thiazole rings is 1. The Kier molecular flexibility index (Phi) is 5.42. The molecule has 1 heterocycles. The van der Waals surface area contributed by atoms with E-state index in [1.807, 2.05) is 41.8 Å². The molecule has 4 heteroatoms. The van der Waals surface area contributed by atoms with Crippen molar-refractivity contribution in [1.82, 2.24) is 4.98 Å². The molecule has 1 atom stereocenters. The van der Waals surface area contributed by atoms with Crippen molar-refractivity contribution in [2.24, 2.45) is 0 Å². The molecule has 0 aliphatic rings. The van der Waals surface area contributed by atoms with Crippen LogP contribution in [0.1, 0.15) is 35.9 Å². The molecular weight excluding hydrogens is 366 g/mol. The van der Waals surface area contributed by atoms with Crippen LogP contribution in [0.15, 0.2) is 78.3 Å². The second-order valence-electron chi connectivity index (χ2n) is 6.95. The first-order chi connectivity index (χ1) is 13.7. The molecule has 0 aliphatic carbocycles. The smallest absolute Gasteiger partial charge is 0.141 e. The summed E-state index contributed by atoms with van der Waals surface area (Å²) in [5, 5.41) is 16.4. The summed E-state index contributed by atoms with van der Waals surface area (Å²) >= 11 is 1.48. The number of aromatic nitrogens is 1. The molecule has 1 N–H and O–H groups in total. The lowest BCUT2D eigenvalue weighted by Crippen LogP contribution is -2.26. The van der Waals surface area contributed by atoms with Gasteiger partial charge in [-0.15, -0.1) is 11.3 Å². The van der Waals surface area contributed by atoms with Gasteiger partial charge in [0.05, 0.1) is 0 Å². The predicted molar refractivity (Wildman–Crippen MR) is 115 cm³/mol. The summed E-state index contributed by atoms with van der Waals surface area (Å²) in [6.45, 7) is 2.55. The highest BCUT2D eigenvalue weighted by Gasteiger charge is 2.33. The van der Waals surface area contributed by atoms with Crippen molar-refractivity contribution in [2.75, 3.05) is 0 Å². The van der Waals surface area contributed by atoms with Crippen LogP contribution in [0, 0.1) is 0 Å². The minimum absolute atomic E-state index is 0.484. The second-order valence-corrected chi connectivity index (χ2v) is 7.84. The maximum Gasteiger partial charge on any atom is 0.141 e. The van der Waals surface area contributed by atoms with Crippen LogP contribution >= 0.6 is 11.3 Å². The molecule has 0 fully saturated rings. The quantitative estimate of drug-likeness (QED) is 0.427. The van der Waals surface area contributed by atoms with Gasteiger partial charge in [0.15, 0.2) is 0 Å². The van der Waals surface area contributed by atoms with E-state index < -0.39 is 5.60 Å². The Morgan fingerprint density at radius 2 is 1.86 bits per heavy atom. The van der Waals surface area contributed by atoms with Crippen LogP contribution in [-0.4, -0.2) is 10.1 Å². The second kappa shape index (κ2) is 8.13. The van der Waals surface area contributed by atoms with E-state index in [1.54, 1.807) is 6.20 Å². The first-order valence-corrected chi connectivity index (χ1v) is 10.4. The van der Waals surface area contributed by atoms with Gasteiger partial charge in [0.2, 0.25) is 0 Å². The van der Waals surface area contributed by atoms with Gasteiger partial charge in [0.25, 0.3) is 0 Å². The van der Waals surface area contributed by atoms with Crippen LogP contribution in [0.5, 0.6) is 5.75 Å². The van der Waals surface area contributed by atoms with E-state index in [2.05, 4.69) is 42.2 Å². The van der Waals surface area contributed by atoms with E-state index in [0.29, 0.717) is 13.0 Å². The zero-order valence-corrected chi connectivity index (χ0v) is 16.7. The van der Waals surface area contributed by atoms with Gasteiger partial charge in [0, 0.05) is 11.6 Å². The SMILES string of the molecule is CCCC(O)(c1cccc(OCc2ccc3ccccc3c2)c1)c1nccs1. The molecule has 3 aromatic carbocycles. The average Bonchev–Trinajstić information content (AvgIpc) is 3.28. The Morgan fingerprint density at radius 3 is 2.64 bits per heavy atom. The van der Waals surface area contributed by atoms with Gasteiger partial charge in [-0.2, -0.15) is 0 Å². The van der Waals surface area contributed by atoms with E-state index in [0.717, 1.165) is 28.3 Å². The fraction of sp³-hybridized carbons (Fsp3) is 0.208. The van der Waals surface area contributed by atoms with Crippen LogP contribution in [0.25, 0.3) is 10.8 Å². The topological polar surface area (TPSA) is 42.4 Å². The lowest BCUT2D eigenvalue weighted by Gasteiger charge is -2.26. The Labute approximate surface area is 169 Å². The number of aliphatic hydroxyl groups is 1. The number of fused-ring (bicyclic) bond motifs is 1. The van der Waals surface area contributed by atoms with Gasteiger partial charge in [-0.25, -0.2) is 4.98 Å². The highest BCUT2D eigenvalue weighted by Crippen LogP contribution is 2.36. The van der Waals surface area contributed by atoms with E-state index in [-0.39, 0.29) is 0 Å². The average molecular weight is 390 g/mol. The minimum atomic E-state index is -1.08. The van der Waals surface area contributed by atoms with Gasteiger partial charge < -0.3 is 9.84 Å². The zero-order valence-electron chi connectivity index (χ0n) is 15.8. The number of rotatable bonds is 7. The number of ether oxygens (including phenoxy) is 1. The molecule has 28 heavy (non-hydrogen) atoms. The highest BCUT2D eigenvalue weighted by atomic mass is 32.1. The van der Waals surface area contributed by atoms with Crippen LogP contribution in [0.2, 0.25) is 0 Å². The summed E-state index contributed by atoms with van der Waals surface area (Å²) < 4.78 is 6.04. The molecule has 0 amide bonds. The van der Waals surface area contributed by atoms with Gasteiger partial charge in [-0.05, 0) is 46.5 Å². The van der Waals surface area contributed by atoms with Crippen LogP contribution in [0.3, 0.4) is 0 Å². The third kappa shape index (κ3) is 3.79. The number of hydrogen-bond acceptors (Lipinski definition) is 4. The van der Waals surface area contributed by atoms with Crippen LogP contribution in [0.4, 0.5) is 0 Å². The Hall–Kier alpha value is -2.69. The fourth-order valence-electron chi connectivity index (χ4n) is 3.50. The lowest BCUT2D eigenvalue weighted by molar-refractivity contribution is 0.0695. The molecule has 0 radical (unpaired) electrons. The molecule has 0 bridgehead atoms. The third-order valence-corrected chi connectivity index (χ3v) is 5.85. The van der Waals surface area contributed by atoms with Crippen molar-refractivity contribution in [3.63, 3.8) is 0 Å². The molecule has 4 aromatic rings. The molecule has 3 nitrogen and oxygen atoms in total. The third-order valence-electron chi connectivity index (χ3n) is 4.93. The van der Waals surface area contributed by atoms with Crippen LogP contribution < -0.4 is 4.74 Å². The van der Waals surface area contributed by atoms with Crippen molar-refractivity contribution in [3.05, 3.63) is 94.4 Å². The lowest BCUT2D eigenvalue weighted by atomic mass is 9.90. The summed E-state index contributed by atoms with van der Waals surface area (Å²) in [6.07, 6.45) is 3.22. The van der Waals surface area contributed by atoms with Gasteiger partial charge in [-0.3, -0.25) is 0 Å². The molecule has 0 saturated carbocycles. The van der Waals surface area contributed by atoms with E-state index in [9.17, 15) is 5.11 Å². The molecular formula is C24H23NO2S. The summed E-state index contributed by atoms with van der Waals surface area (Å²) in [5.41, 5.74) is 0.860. The molecule has 0 saturated heterocycles. The minimum Gasteiger partial charge on any atom is -0.489 e. The summed E-state index contributed by atoms with van der Waals surface area (Å²) in [4.78, 5) is 4.36. The van der Waals surface area contributed by atoms with Gasteiger partial charge >= 0.3 is 0 Å². The molecule has 1 aromatic heterocycles. The molecule has 142 valence electrons. The van der Waals surface area contributed by atoms with Crippen LogP contribution in [-0.2, 0) is 12.2 Å². The number of benzene rings is 3. The van der Waals surface area contributed by atoms with E-state index in [4.69, 9.17) is 4.74 Å². The number of hydrogen-bond donors (Lipinski definition) is 1. The normalized spacial score (nSPS) is 13.4. The van der Waals surface area contributed by atoms with Crippen molar-refractivity contribution in [3.8, 4) is 5.75 Å². The van der Waals surface area contributed by atoms with Gasteiger partial charge in [0.1, 0.15) is 23.0 Å². The Balaban J connectivity index is 1.56. The maximum absolute atomic E-state index is 11.4. The molecule has 1 unspecified atom stereocenters. The Morgan fingerprint density at radius 1 is 1.00 bits per heavy atom. The van der Waals surface area contributed by atoms with Crippen molar-refractivity contribution >= 4 is 22.1 Å². The Bertz CT molecular complexity index is 1060. The van der Waals surface area contributed by atoms with E-state index in [1.165, 1.54) is 22.1 Å². The van der Waals surface area contributed by atoms with Crippen molar-refractivity contribution in [1.29, 1.82) is 0 Å². The summed E-state index contributed by atoms with van der Waals surface area (Å²) in [6, 6.07) is 22.4. The largest absolute Gasteiger partial charge is 0.489 e. The zero-order chi connectivity index (χ0) is 19.4. The first-order valence-electron chi connectivity index (χ1n) is 9.52. The standard InChI is InChI=1S/C24H23NO2S/c1-2-12-24(26,23-25-13-14-28-23)21-8-5-9-22(16-21)27-17-18-10-11-19-6-3-4-7-20(19)15-18/h3-11,13-16,26H,2,12,17H2,1H3. The summed E-state index contributed by atoms with van der Waals surface area (Å²) in [7, 11) is 0. The molecule has 0 spiro atoms. The van der Waals surface area contributed by atoms with E-state index >= 15 is 0 Å². The number of nitrogens with zero attached hydrogens (tertiary/aromatic N) is 1. The monoisotopic (exact) mass is 389 g/mol. The van der Waals surface area contributed by atoms with Crippen molar-refractivity contribution in [2.45, 2.75) is 32.0 Å². The summed E-state index contributed by atoms with van der Waals surface area (Å²) in [5.74, 6) is 0.747. The maximum atomic E-state index is 11.4. The van der Waals surface area contributed by atoms with Gasteiger partial charge in [-0.1, -0.05) is 61.9 Å². The fourth-order valence-corrected chi connectivity index (χ4v) is 4.29. The predicted octanol–water partition coefficient (Wildman–Crippen LogP) is 5.91. The first kappa shape index (κ1) is 18.7. The highest BCUT2D eigenvalue weighted by molar-refractivity contribution is 7.09. The van der Waals surface area contributed by atoms with Crippen molar-refractivity contribution < 1.29 is 9.84 Å². The molecule has 4 rings (SSSR count). The molecule has 0 aliphatic heterocycles.